The molecule has 1 aromatic heterocycles. The van der Waals surface area contributed by atoms with Gasteiger partial charge in [-0.3, -0.25) is 10.2 Å². The van der Waals surface area contributed by atoms with Crippen molar-refractivity contribution < 1.29 is 13.6 Å². The van der Waals surface area contributed by atoms with E-state index in [9.17, 15) is 13.6 Å². The molecule has 0 spiro atoms. The summed E-state index contributed by atoms with van der Waals surface area (Å²) >= 11 is 0. The first kappa shape index (κ1) is 31.2. The molecular weight excluding hydrogens is 500 g/mol. The predicted molar refractivity (Wildman–Crippen MR) is 155 cm³/mol. The van der Waals surface area contributed by atoms with Crippen molar-refractivity contribution in [2.75, 3.05) is 69.1 Å². The van der Waals surface area contributed by atoms with Crippen molar-refractivity contribution in [3.63, 3.8) is 0 Å². The Bertz CT molecular complexity index is 878. The van der Waals surface area contributed by atoms with Crippen molar-refractivity contribution in [1.82, 2.24) is 20.1 Å². The number of carbonyl (C=O) groups is 1. The summed E-state index contributed by atoms with van der Waals surface area (Å²) in [6.45, 7) is 11.6. The normalized spacial score (nSPS) is 19.7. The number of alkyl halides is 2. The van der Waals surface area contributed by atoms with Crippen LogP contribution < -0.4 is 15.5 Å². The first-order valence-electron chi connectivity index (χ1n) is 15.1. The van der Waals surface area contributed by atoms with E-state index in [2.05, 4.69) is 30.3 Å². The highest BCUT2D eigenvalue weighted by Crippen LogP contribution is 2.23. The second kappa shape index (κ2) is 16.7. The molecule has 3 aliphatic rings. The average Bonchev–Trinajstić information content (AvgIpc) is 3.26. The monoisotopic (exact) mass is 549 g/mol. The van der Waals surface area contributed by atoms with Gasteiger partial charge in [-0.15, -0.1) is 0 Å². The quantitative estimate of drug-likeness (QED) is 0.370. The lowest BCUT2D eigenvalue weighted by molar-refractivity contribution is -0.115. The maximum Gasteiger partial charge on any atom is 0.270 e. The molecule has 3 fully saturated rings. The first-order chi connectivity index (χ1) is 19.0. The van der Waals surface area contributed by atoms with E-state index in [0.29, 0.717) is 5.82 Å². The van der Waals surface area contributed by atoms with E-state index in [0.717, 1.165) is 65.0 Å². The van der Waals surface area contributed by atoms with Crippen LogP contribution >= 0.6 is 0 Å². The van der Waals surface area contributed by atoms with Crippen LogP contribution in [0.4, 0.5) is 20.4 Å². The van der Waals surface area contributed by atoms with E-state index < -0.39 is 18.9 Å². The Morgan fingerprint density at radius 2 is 1.49 bits per heavy atom. The van der Waals surface area contributed by atoms with Gasteiger partial charge in [0.2, 0.25) is 0 Å². The first-order valence-corrected chi connectivity index (χ1v) is 15.1. The Hall–Kier alpha value is -2.33. The molecule has 39 heavy (non-hydrogen) atoms. The van der Waals surface area contributed by atoms with Crippen molar-refractivity contribution in [3.05, 3.63) is 17.7 Å². The molecule has 0 saturated carbocycles. The summed E-state index contributed by atoms with van der Waals surface area (Å²) in [5, 5.41) is 14.2. The van der Waals surface area contributed by atoms with Crippen molar-refractivity contribution in [1.29, 1.82) is 5.41 Å². The van der Waals surface area contributed by atoms with Gasteiger partial charge in [0.1, 0.15) is 17.3 Å². The average molecular weight is 550 g/mol. The number of nitrogens with one attached hydrogen (secondary N) is 3. The van der Waals surface area contributed by atoms with Crippen LogP contribution in [-0.4, -0.2) is 97.8 Å². The highest BCUT2D eigenvalue weighted by molar-refractivity contribution is 6.45. The second-order valence-corrected chi connectivity index (χ2v) is 10.6. The summed E-state index contributed by atoms with van der Waals surface area (Å²) in [7, 11) is 0. The van der Waals surface area contributed by atoms with Gasteiger partial charge in [-0.25, -0.2) is 13.8 Å². The fraction of sp³-hybridized carbons (Fsp3) is 0.759. The van der Waals surface area contributed by atoms with Gasteiger partial charge in [0.15, 0.2) is 0 Å². The number of anilines is 2. The van der Waals surface area contributed by atoms with Crippen LogP contribution in [0.15, 0.2) is 12.1 Å². The van der Waals surface area contributed by atoms with Gasteiger partial charge in [-0.1, -0.05) is 33.1 Å². The molecule has 0 bridgehead atoms. The molecule has 1 amide bonds. The van der Waals surface area contributed by atoms with E-state index >= 15 is 0 Å². The number of hydrogen-bond acceptors (Lipinski definition) is 7. The molecule has 4 rings (SSSR count). The summed E-state index contributed by atoms with van der Waals surface area (Å²) in [5.41, 5.74) is 0.0231. The van der Waals surface area contributed by atoms with Crippen LogP contribution in [0.1, 0.15) is 77.2 Å². The SMILES string of the molecule is CC.N=C(C(=O)NC1CCN(CCN2CCCCC2)CC1)c1ccc(N2CCCCCC2)nc1NCC(F)F. The van der Waals surface area contributed by atoms with E-state index in [1.165, 1.54) is 45.2 Å². The number of aromatic nitrogens is 1. The van der Waals surface area contributed by atoms with Crippen molar-refractivity contribution in [2.45, 2.75) is 84.1 Å². The molecule has 0 atom stereocenters. The third-order valence-corrected chi connectivity index (χ3v) is 7.83. The van der Waals surface area contributed by atoms with E-state index in [1.807, 2.05) is 13.8 Å². The van der Waals surface area contributed by atoms with Gasteiger partial charge in [0, 0.05) is 50.9 Å². The smallest absolute Gasteiger partial charge is 0.270 e. The van der Waals surface area contributed by atoms with Crippen molar-refractivity contribution in [2.24, 2.45) is 0 Å². The molecule has 0 aliphatic carbocycles. The fourth-order valence-electron chi connectivity index (χ4n) is 5.58. The number of hydrogen-bond donors (Lipinski definition) is 3. The Morgan fingerprint density at radius 1 is 0.923 bits per heavy atom. The molecule has 3 N–H and O–H groups in total. The molecule has 8 nitrogen and oxygen atoms in total. The zero-order valence-corrected chi connectivity index (χ0v) is 24.0. The Morgan fingerprint density at radius 3 is 2.10 bits per heavy atom. The minimum absolute atomic E-state index is 0.0147. The molecule has 0 radical (unpaired) electrons. The fourth-order valence-corrected chi connectivity index (χ4v) is 5.58. The maximum atomic E-state index is 13.0. The summed E-state index contributed by atoms with van der Waals surface area (Å²) in [4.78, 5) is 24.7. The third-order valence-electron chi connectivity index (χ3n) is 7.83. The number of halogens is 2. The van der Waals surface area contributed by atoms with Gasteiger partial charge in [0.25, 0.3) is 12.3 Å². The molecule has 3 aliphatic heterocycles. The van der Waals surface area contributed by atoms with Gasteiger partial charge < -0.3 is 25.3 Å². The number of piperidine rings is 2. The third kappa shape index (κ3) is 9.98. The number of rotatable bonds is 10. The minimum atomic E-state index is -2.56. The number of carbonyl (C=O) groups excluding carboxylic acids is 1. The van der Waals surface area contributed by atoms with Crippen LogP contribution in [0.5, 0.6) is 0 Å². The zero-order chi connectivity index (χ0) is 28.0. The number of pyridine rings is 1. The van der Waals surface area contributed by atoms with Crippen LogP contribution in [-0.2, 0) is 4.79 Å². The molecular formula is C29H49F2N7O. The van der Waals surface area contributed by atoms with Gasteiger partial charge in [-0.05, 0) is 63.7 Å². The van der Waals surface area contributed by atoms with Crippen LogP contribution in [0.2, 0.25) is 0 Å². The largest absolute Gasteiger partial charge is 0.364 e. The molecule has 1 aromatic rings. The zero-order valence-electron chi connectivity index (χ0n) is 24.0. The Balaban J connectivity index is 0.00000205. The summed E-state index contributed by atoms with van der Waals surface area (Å²) < 4.78 is 26.0. The molecule has 0 aromatic carbocycles. The van der Waals surface area contributed by atoms with Gasteiger partial charge in [-0.2, -0.15) is 0 Å². The summed E-state index contributed by atoms with van der Waals surface area (Å²) in [6.07, 6.45) is 7.57. The Kier molecular flexibility index (Phi) is 13.4. The molecule has 3 saturated heterocycles. The lowest BCUT2D eigenvalue weighted by Gasteiger charge is -2.34. The van der Waals surface area contributed by atoms with E-state index in [-0.39, 0.29) is 23.1 Å². The molecule has 220 valence electrons. The highest BCUT2D eigenvalue weighted by Gasteiger charge is 2.25. The predicted octanol–water partition coefficient (Wildman–Crippen LogP) is 4.60. The highest BCUT2D eigenvalue weighted by atomic mass is 19.3. The lowest BCUT2D eigenvalue weighted by atomic mass is 10.0. The van der Waals surface area contributed by atoms with Gasteiger partial charge in [0.05, 0.1) is 6.54 Å². The molecule has 4 heterocycles. The van der Waals surface area contributed by atoms with E-state index in [4.69, 9.17) is 5.41 Å². The van der Waals surface area contributed by atoms with Gasteiger partial charge >= 0.3 is 0 Å². The molecule has 0 unspecified atom stereocenters. The van der Waals surface area contributed by atoms with Crippen molar-refractivity contribution in [3.8, 4) is 0 Å². The Labute approximate surface area is 233 Å². The van der Waals surface area contributed by atoms with Crippen LogP contribution in [0.25, 0.3) is 0 Å². The summed E-state index contributed by atoms with van der Waals surface area (Å²) in [5.74, 6) is 0.401. The van der Waals surface area contributed by atoms with Crippen molar-refractivity contribution >= 4 is 23.3 Å². The molecule has 10 heteroatoms. The minimum Gasteiger partial charge on any atom is -0.364 e. The topological polar surface area (TPSA) is 87.6 Å². The summed E-state index contributed by atoms with van der Waals surface area (Å²) in [6, 6.07) is 3.49. The number of amides is 1. The standard InChI is InChI=1S/C27H43F2N7O.C2H6/c28-23(29)20-31-26-22(8-9-24(33-26)36-14-6-1-2-7-15-36)25(30)27(37)32-21-10-16-35(17-11-21)19-18-34-12-4-3-5-13-34;1-2/h8-9,21,23,30H,1-7,10-20H2,(H,31,33)(H,32,37);1-2H3. The van der Waals surface area contributed by atoms with E-state index in [1.54, 1.807) is 12.1 Å². The second-order valence-electron chi connectivity index (χ2n) is 10.6. The van der Waals surface area contributed by atoms with Crippen LogP contribution in [0, 0.1) is 5.41 Å². The number of likely N-dealkylation sites (tertiary alicyclic amines) is 2. The number of nitrogens with zero attached hydrogens (tertiary/aromatic N) is 4. The lowest BCUT2D eigenvalue weighted by Crippen LogP contribution is -2.48. The van der Waals surface area contributed by atoms with Crippen LogP contribution in [0.3, 0.4) is 0 Å². The maximum absolute atomic E-state index is 13.0.